The highest BCUT2D eigenvalue weighted by molar-refractivity contribution is 6.17. The van der Waals surface area contributed by atoms with Crippen LogP contribution >= 0.6 is 0 Å². The van der Waals surface area contributed by atoms with E-state index in [0.717, 1.165) is 66.4 Å². The van der Waals surface area contributed by atoms with E-state index in [0.29, 0.717) is 11.4 Å². The number of fused-ring (bicyclic) bond motifs is 9. The molecule has 0 unspecified atom stereocenters. The number of hydrogen-bond donors (Lipinski definition) is 0. The molecular weight excluding hydrogens is 671 g/mol. The van der Waals surface area contributed by atoms with Crippen molar-refractivity contribution in [2.75, 3.05) is 0 Å². The largest absolute Gasteiger partial charge is 0.311 e. The number of para-hydroxylation sites is 4. The number of nitrogens with zero attached hydrogens (tertiary/aromatic N) is 5. The fourth-order valence-electron chi connectivity index (χ4n) is 8.82. The monoisotopic (exact) mass is 699 g/mol. The van der Waals surface area contributed by atoms with E-state index in [2.05, 4.69) is 169 Å². The van der Waals surface area contributed by atoms with Gasteiger partial charge in [-0.1, -0.05) is 109 Å². The van der Waals surface area contributed by atoms with Gasteiger partial charge < -0.3 is 13.7 Å². The smallest absolute Gasteiger partial charge is 0.197 e. The van der Waals surface area contributed by atoms with Gasteiger partial charge in [-0.3, -0.25) is 0 Å². The third kappa shape index (κ3) is 4.39. The van der Waals surface area contributed by atoms with Crippen molar-refractivity contribution < 1.29 is 0 Å². The Kier molecular flexibility index (Phi) is 6.61. The molecule has 5 nitrogen and oxygen atoms in total. The van der Waals surface area contributed by atoms with Crippen molar-refractivity contribution in [1.82, 2.24) is 13.7 Å². The highest BCUT2D eigenvalue weighted by Crippen LogP contribution is 2.43. The standard InChI is InChI=1S/C50H29N5/c1-51-40-29-28-34(31-39(40)32-14-11-15-33(30-32)53-44-23-9-5-18-37(44)49-41(52-2)20-12-25-46(49)53)54-45-24-10-6-19-38(45)50-47(54)26-13-27-48(50)55-42-21-7-3-16-35(42)36-17-4-8-22-43(36)55/h3-31H. The first-order valence-corrected chi connectivity index (χ1v) is 18.3. The van der Waals surface area contributed by atoms with Crippen molar-refractivity contribution in [3.63, 3.8) is 0 Å². The van der Waals surface area contributed by atoms with Gasteiger partial charge in [0.25, 0.3) is 0 Å². The molecule has 254 valence electrons. The van der Waals surface area contributed by atoms with Gasteiger partial charge in [0.2, 0.25) is 0 Å². The van der Waals surface area contributed by atoms with Crippen molar-refractivity contribution in [3.8, 4) is 28.2 Å². The first-order chi connectivity index (χ1) is 27.2. The summed E-state index contributed by atoms with van der Waals surface area (Å²) in [6.45, 7) is 16.1. The zero-order valence-electron chi connectivity index (χ0n) is 29.5. The van der Waals surface area contributed by atoms with Crippen molar-refractivity contribution >= 4 is 76.8 Å². The zero-order chi connectivity index (χ0) is 36.6. The fourth-order valence-corrected chi connectivity index (χ4v) is 8.82. The number of aromatic nitrogens is 3. The molecular formula is C50H29N5. The summed E-state index contributed by atoms with van der Waals surface area (Å²) >= 11 is 0. The Bertz CT molecular complexity index is 3420. The van der Waals surface area contributed by atoms with Crippen LogP contribution in [0.5, 0.6) is 0 Å². The number of hydrogen-bond acceptors (Lipinski definition) is 0. The topological polar surface area (TPSA) is 23.5 Å². The van der Waals surface area contributed by atoms with Crippen LogP contribution in [-0.4, -0.2) is 13.7 Å². The van der Waals surface area contributed by atoms with E-state index in [1.807, 2.05) is 30.3 Å². The number of rotatable bonds is 4. The van der Waals surface area contributed by atoms with Crippen LogP contribution in [0.3, 0.4) is 0 Å². The lowest BCUT2D eigenvalue weighted by molar-refractivity contribution is 1.17. The second-order valence-corrected chi connectivity index (χ2v) is 13.9. The molecule has 11 aromatic rings. The average Bonchev–Trinajstić information content (AvgIpc) is 3.89. The molecule has 3 aromatic heterocycles. The molecule has 0 bridgehead atoms. The summed E-state index contributed by atoms with van der Waals surface area (Å²) in [6, 6.07) is 61.3. The third-order valence-electron chi connectivity index (χ3n) is 11.1. The maximum Gasteiger partial charge on any atom is 0.197 e. The van der Waals surface area contributed by atoms with Crippen LogP contribution in [0.4, 0.5) is 11.4 Å². The van der Waals surface area contributed by atoms with Gasteiger partial charge in [-0.25, -0.2) is 9.69 Å². The third-order valence-corrected chi connectivity index (χ3v) is 11.1. The fraction of sp³-hybridized carbons (Fsp3) is 0. The van der Waals surface area contributed by atoms with Gasteiger partial charge in [0.05, 0.1) is 46.4 Å². The van der Waals surface area contributed by atoms with Gasteiger partial charge in [-0.2, -0.15) is 0 Å². The number of benzene rings is 8. The Balaban J connectivity index is 1.14. The zero-order valence-corrected chi connectivity index (χ0v) is 29.5. The van der Waals surface area contributed by atoms with Gasteiger partial charge in [0.15, 0.2) is 11.4 Å². The Morgan fingerprint density at radius 2 is 0.836 bits per heavy atom. The van der Waals surface area contributed by atoms with Crippen LogP contribution in [-0.2, 0) is 0 Å². The molecule has 0 N–H and O–H groups in total. The normalized spacial score (nSPS) is 11.6. The second kappa shape index (κ2) is 11.8. The molecule has 0 fully saturated rings. The SMILES string of the molecule is [C-]#[N+]c1ccc(-n2c3ccccc3c3c(-n4c5ccccc5c5ccccc54)cccc32)cc1-c1cccc(-n2c3ccccc3c3c([N+]#[C-])cccc32)c1. The minimum atomic E-state index is 0.588. The quantitative estimate of drug-likeness (QED) is 0.163. The summed E-state index contributed by atoms with van der Waals surface area (Å²) in [5.41, 5.74) is 12.7. The van der Waals surface area contributed by atoms with Crippen LogP contribution in [0, 0.1) is 13.1 Å². The van der Waals surface area contributed by atoms with Gasteiger partial charge in [-0.15, -0.1) is 0 Å². The maximum atomic E-state index is 8.22. The first kappa shape index (κ1) is 30.7. The summed E-state index contributed by atoms with van der Waals surface area (Å²) in [5.74, 6) is 0. The summed E-state index contributed by atoms with van der Waals surface area (Å²) in [6.07, 6.45) is 0. The summed E-state index contributed by atoms with van der Waals surface area (Å²) < 4.78 is 6.97. The maximum absolute atomic E-state index is 8.22. The Morgan fingerprint density at radius 3 is 1.47 bits per heavy atom. The van der Waals surface area contributed by atoms with Gasteiger partial charge in [0.1, 0.15) is 0 Å². The predicted octanol–water partition coefficient (Wildman–Crippen LogP) is 13.7. The highest BCUT2D eigenvalue weighted by Gasteiger charge is 2.21. The van der Waals surface area contributed by atoms with Gasteiger partial charge in [-0.05, 0) is 83.2 Å². The van der Waals surface area contributed by atoms with Crippen LogP contribution in [0.25, 0.3) is 103 Å². The van der Waals surface area contributed by atoms with Crippen LogP contribution in [0.2, 0.25) is 0 Å². The van der Waals surface area contributed by atoms with Crippen molar-refractivity contribution in [2.24, 2.45) is 0 Å². The van der Waals surface area contributed by atoms with Gasteiger partial charge >= 0.3 is 0 Å². The van der Waals surface area contributed by atoms with Gasteiger partial charge in [0, 0.05) is 43.8 Å². The van der Waals surface area contributed by atoms with Crippen molar-refractivity contribution in [3.05, 3.63) is 199 Å². The molecule has 3 heterocycles. The molecule has 55 heavy (non-hydrogen) atoms. The predicted molar refractivity (Wildman–Crippen MR) is 227 cm³/mol. The lowest BCUT2D eigenvalue weighted by Gasteiger charge is -2.14. The van der Waals surface area contributed by atoms with E-state index in [1.54, 1.807) is 0 Å². The summed E-state index contributed by atoms with van der Waals surface area (Å²) in [7, 11) is 0. The van der Waals surface area contributed by atoms with Crippen LogP contribution < -0.4 is 0 Å². The molecule has 0 saturated carbocycles. The van der Waals surface area contributed by atoms with Crippen molar-refractivity contribution in [2.45, 2.75) is 0 Å². The molecule has 0 aliphatic heterocycles. The molecule has 0 aliphatic rings. The average molecular weight is 700 g/mol. The molecule has 0 amide bonds. The second-order valence-electron chi connectivity index (χ2n) is 13.9. The van der Waals surface area contributed by atoms with E-state index >= 15 is 0 Å². The molecule has 5 heteroatoms. The molecule has 0 saturated heterocycles. The van der Waals surface area contributed by atoms with E-state index in [4.69, 9.17) is 13.1 Å². The Hall–Kier alpha value is -7.86. The summed E-state index contributed by atoms with van der Waals surface area (Å²) in [4.78, 5) is 7.88. The minimum Gasteiger partial charge on any atom is -0.311 e. The molecule has 8 aromatic carbocycles. The van der Waals surface area contributed by atoms with E-state index in [9.17, 15) is 0 Å². The molecule has 0 aliphatic carbocycles. The Morgan fingerprint density at radius 1 is 0.345 bits per heavy atom. The van der Waals surface area contributed by atoms with Crippen LogP contribution in [0.15, 0.2) is 176 Å². The first-order valence-electron chi connectivity index (χ1n) is 18.3. The lowest BCUT2D eigenvalue weighted by atomic mass is 10.0. The molecule has 0 spiro atoms. The Labute approximate surface area is 316 Å². The lowest BCUT2D eigenvalue weighted by Crippen LogP contribution is -1.97. The van der Waals surface area contributed by atoms with E-state index in [1.165, 1.54) is 27.2 Å². The molecule has 11 rings (SSSR count). The highest BCUT2D eigenvalue weighted by atomic mass is 15.0. The van der Waals surface area contributed by atoms with E-state index in [-0.39, 0.29) is 0 Å². The van der Waals surface area contributed by atoms with Crippen molar-refractivity contribution in [1.29, 1.82) is 0 Å². The summed E-state index contributed by atoms with van der Waals surface area (Å²) in [5, 5.41) is 6.80. The molecule has 0 atom stereocenters. The minimum absolute atomic E-state index is 0.588. The molecule has 0 radical (unpaired) electrons. The van der Waals surface area contributed by atoms with E-state index < -0.39 is 0 Å². The van der Waals surface area contributed by atoms with Crippen LogP contribution in [0.1, 0.15) is 0 Å².